The molecule has 0 saturated carbocycles. The lowest BCUT2D eigenvalue weighted by atomic mass is 10.1. The van der Waals surface area contributed by atoms with Crippen molar-refractivity contribution < 1.29 is 10.2 Å². The van der Waals surface area contributed by atoms with Gasteiger partial charge in [-0.1, -0.05) is 6.92 Å². The second kappa shape index (κ2) is 3.45. The molecule has 0 saturated heterocycles. The average molecular weight is 167 g/mol. The van der Waals surface area contributed by atoms with E-state index in [0.29, 0.717) is 0 Å². The third-order valence-electron chi connectivity index (χ3n) is 1.79. The van der Waals surface area contributed by atoms with Crippen LogP contribution < -0.4 is 5.73 Å². The van der Waals surface area contributed by atoms with E-state index in [0.717, 1.165) is 12.0 Å². The molecule has 0 unspecified atom stereocenters. The summed E-state index contributed by atoms with van der Waals surface area (Å²) in [5.74, 6) is 0.0998. The first-order chi connectivity index (χ1) is 5.63. The monoisotopic (exact) mass is 167 g/mol. The quantitative estimate of drug-likeness (QED) is 0.625. The second-order valence-corrected chi connectivity index (χ2v) is 2.80. The first-order valence-electron chi connectivity index (χ1n) is 3.92. The Kier molecular flexibility index (Phi) is 2.55. The lowest BCUT2D eigenvalue weighted by Crippen LogP contribution is -2.07. The molecule has 66 valence electrons. The first-order valence-corrected chi connectivity index (χ1v) is 3.92. The molecule has 1 aromatic carbocycles. The van der Waals surface area contributed by atoms with E-state index >= 15 is 0 Å². The standard InChI is InChI=1S/C9H13NO2/c1-2-9(10)6-3-7(11)5-8(12)4-6/h3-5,9,11-12H,2,10H2,1H3/t9-/m0/s1. The van der Waals surface area contributed by atoms with Crippen molar-refractivity contribution in [1.82, 2.24) is 0 Å². The Bertz CT molecular complexity index is 253. The summed E-state index contributed by atoms with van der Waals surface area (Å²) in [6.45, 7) is 1.95. The van der Waals surface area contributed by atoms with Crippen LogP contribution in [0, 0.1) is 0 Å². The van der Waals surface area contributed by atoms with E-state index in [9.17, 15) is 0 Å². The van der Waals surface area contributed by atoms with Crippen LogP contribution in [-0.2, 0) is 0 Å². The largest absolute Gasteiger partial charge is 0.508 e. The van der Waals surface area contributed by atoms with Crippen LogP contribution in [0.2, 0.25) is 0 Å². The van der Waals surface area contributed by atoms with Crippen molar-refractivity contribution in [3.05, 3.63) is 23.8 Å². The highest BCUT2D eigenvalue weighted by Gasteiger charge is 2.05. The molecule has 4 N–H and O–H groups in total. The summed E-state index contributed by atoms with van der Waals surface area (Å²) in [4.78, 5) is 0. The van der Waals surface area contributed by atoms with Gasteiger partial charge in [-0.05, 0) is 24.1 Å². The Labute approximate surface area is 71.5 Å². The fraction of sp³-hybridized carbons (Fsp3) is 0.333. The van der Waals surface area contributed by atoms with E-state index in [1.807, 2.05) is 6.92 Å². The first kappa shape index (κ1) is 8.87. The SMILES string of the molecule is CC[C@H](N)c1cc(O)cc(O)c1. The normalized spacial score (nSPS) is 12.8. The molecule has 0 aliphatic carbocycles. The molecule has 0 fully saturated rings. The fourth-order valence-electron chi connectivity index (χ4n) is 1.07. The molecule has 12 heavy (non-hydrogen) atoms. The van der Waals surface area contributed by atoms with Gasteiger partial charge >= 0.3 is 0 Å². The van der Waals surface area contributed by atoms with Gasteiger partial charge in [-0.25, -0.2) is 0 Å². The van der Waals surface area contributed by atoms with Gasteiger partial charge in [-0.15, -0.1) is 0 Å². The minimum atomic E-state index is -0.122. The highest BCUT2D eigenvalue weighted by atomic mass is 16.3. The highest BCUT2D eigenvalue weighted by molar-refractivity contribution is 5.37. The lowest BCUT2D eigenvalue weighted by Gasteiger charge is -2.09. The van der Waals surface area contributed by atoms with E-state index in [4.69, 9.17) is 15.9 Å². The summed E-state index contributed by atoms with van der Waals surface area (Å²) in [6, 6.07) is 4.29. The van der Waals surface area contributed by atoms with Crippen molar-refractivity contribution >= 4 is 0 Å². The third kappa shape index (κ3) is 1.89. The Morgan fingerprint density at radius 2 is 1.75 bits per heavy atom. The summed E-state index contributed by atoms with van der Waals surface area (Å²) < 4.78 is 0. The Morgan fingerprint density at radius 3 is 2.17 bits per heavy atom. The number of phenolic OH excluding ortho intramolecular Hbond substituents is 2. The van der Waals surface area contributed by atoms with Crippen LogP contribution >= 0.6 is 0 Å². The third-order valence-corrected chi connectivity index (χ3v) is 1.79. The average Bonchev–Trinajstić information content (AvgIpc) is 2.01. The van der Waals surface area contributed by atoms with Gasteiger partial charge in [0.1, 0.15) is 11.5 Å². The van der Waals surface area contributed by atoms with E-state index in [1.165, 1.54) is 6.07 Å². The van der Waals surface area contributed by atoms with Gasteiger partial charge in [0, 0.05) is 12.1 Å². The fourth-order valence-corrected chi connectivity index (χ4v) is 1.07. The Balaban J connectivity index is 3.00. The van der Waals surface area contributed by atoms with Crippen LogP contribution in [-0.4, -0.2) is 10.2 Å². The molecule has 0 amide bonds. The molecule has 1 rings (SSSR count). The van der Waals surface area contributed by atoms with Crippen LogP contribution in [0.4, 0.5) is 0 Å². The van der Waals surface area contributed by atoms with Crippen molar-refractivity contribution in [3.63, 3.8) is 0 Å². The maximum absolute atomic E-state index is 9.12. The maximum atomic E-state index is 9.12. The van der Waals surface area contributed by atoms with Gasteiger partial charge in [-0.2, -0.15) is 0 Å². The topological polar surface area (TPSA) is 66.5 Å². The van der Waals surface area contributed by atoms with E-state index in [2.05, 4.69) is 0 Å². The number of hydrogen-bond donors (Lipinski definition) is 3. The van der Waals surface area contributed by atoms with Crippen molar-refractivity contribution in [2.75, 3.05) is 0 Å². The number of aromatic hydroxyl groups is 2. The molecule has 0 heterocycles. The summed E-state index contributed by atoms with van der Waals surface area (Å²) >= 11 is 0. The predicted molar refractivity (Wildman–Crippen MR) is 47.0 cm³/mol. The number of hydrogen-bond acceptors (Lipinski definition) is 3. The number of benzene rings is 1. The van der Waals surface area contributed by atoms with Crippen LogP contribution in [0.5, 0.6) is 11.5 Å². The highest BCUT2D eigenvalue weighted by Crippen LogP contribution is 2.24. The van der Waals surface area contributed by atoms with Crippen LogP contribution in [0.25, 0.3) is 0 Å². The maximum Gasteiger partial charge on any atom is 0.119 e. The van der Waals surface area contributed by atoms with Crippen LogP contribution in [0.3, 0.4) is 0 Å². The minimum absolute atomic E-state index is 0.0499. The lowest BCUT2D eigenvalue weighted by molar-refractivity contribution is 0.447. The zero-order chi connectivity index (χ0) is 9.14. The number of nitrogens with two attached hydrogens (primary N) is 1. The molecule has 0 spiro atoms. The van der Waals surface area contributed by atoms with E-state index in [-0.39, 0.29) is 17.5 Å². The number of rotatable bonds is 2. The van der Waals surface area contributed by atoms with Gasteiger partial charge in [0.05, 0.1) is 0 Å². The van der Waals surface area contributed by atoms with Gasteiger partial charge < -0.3 is 15.9 Å². The van der Waals surface area contributed by atoms with Crippen molar-refractivity contribution in [3.8, 4) is 11.5 Å². The van der Waals surface area contributed by atoms with Gasteiger partial charge in [0.2, 0.25) is 0 Å². The van der Waals surface area contributed by atoms with Crippen molar-refractivity contribution in [1.29, 1.82) is 0 Å². The molecule has 0 aromatic heterocycles. The van der Waals surface area contributed by atoms with Crippen LogP contribution in [0.1, 0.15) is 24.9 Å². The summed E-state index contributed by atoms with van der Waals surface area (Å²) in [5, 5.41) is 18.2. The molecule has 0 bridgehead atoms. The summed E-state index contributed by atoms with van der Waals surface area (Å²) in [5.41, 5.74) is 6.47. The van der Waals surface area contributed by atoms with Crippen molar-refractivity contribution in [2.45, 2.75) is 19.4 Å². The molecule has 0 aliphatic heterocycles. The molecular formula is C9H13NO2. The molecule has 0 aliphatic rings. The van der Waals surface area contributed by atoms with Crippen molar-refractivity contribution in [2.24, 2.45) is 5.73 Å². The molecule has 1 atom stereocenters. The van der Waals surface area contributed by atoms with E-state index < -0.39 is 0 Å². The molecule has 0 radical (unpaired) electrons. The zero-order valence-electron chi connectivity index (χ0n) is 6.99. The van der Waals surface area contributed by atoms with Crippen LogP contribution in [0.15, 0.2) is 18.2 Å². The molecular weight excluding hydrogens is 154 g/mol. The Morgan fingerprint density at radius 1 is 1.25 bits per heavy atom. The van der Waals surface area contributed by atoms with Gasteiger partial charge in [0.15, 0.2) is 0 Å². The Hall–Kier alpha value is -1.22. The van der Waals surface area contributed by atoms with E-state index in [1.54, 1.807) is 12.1 Å². The molecule has 1 aromatic rings. The zero-order valence-corrected chi connectivity index (χ0v) is 6.99. The summed E-state index contributed by atoms with van der Waals surface area (Å²) in [7, 11) is 0. The molecule has 3 heteroatoms. The van der Waals surface area contributed by atoms with Gasteiger partial charge in [0.25, 0.3) is 0 Å². The second-order valence-electron chi connectivity index (χ2n) is 2.80. The smallest absolute Gasteiger partial charge is 0.119 e. The summed E-state index contributed by atoms with van der Waals surface area (Å²) in [6.07, 6.45) is 0.781. The van der Waals surface area contributed by atoms with Gasteiger partial charge in [-0.3, -0.25) is 0 Å². The predicted octanol–water partition coefficient (Wildman–Crippen LogP) is 1.51. The molecule has 3 nitrogen and oxygen atoms in total. The number of phenols is 2. The minimum Gasteiger partial charge on any atom is -0.508 e.